The Balaban J connectivity index is 2.39. The van der Waals surface area contributed by atoms with Crippen LogP contribution in [0.1, 0.15) is 19.3 Å². The fourth-order valence-electron chi connectivity index (χ4n) is 1.61. The van der Waals surface area contributed by atoms with E-state index < -0.39 is 10.2 Å². The summed E-state index contributed by atoms with van der Waals surface area (Å²) in [5, 5.41) is 4.95. The van der Waals surface area contributed by atoms with Gasteiger partial charge in [0, 0.05) is 13.1 Å². The van der Waals surface area contributed by atoms with Crippen molar-refractivity contribution in [3.63, 3.8) is 0 Å². The summed E-state index contributed by atoms with van der Waals surface area (Å²) in [7, 11) is -3.52. The number of rotatable bonds is 3. The van der Waals surface area contributed by atoms with Crippen LogP contribution in [0.15, 0.2) is 0 Å². The van der Waals surface area contributed by atoms with Crippen molar-refractivity contribution < 1.29 is 12.8 Å². The molecule has 0 amide bonds. The number of alkyl halides is 1. The number of hydrogen-bond donors (Lipinski definition) is 1. The van der Waals surface area contributed by atoms with Gasteiger partial charge >= 0.3 is 0 Å². The standard InChI is InChI=1S/C7H15FN2O2S/c8-4-1-7-2-5-10(6-3-7)13(9,11)12/h7H,1-6H2,(H2,9,11,12). The molecule has 1 rings (SSSR count). The lowest BCUT2D eigenvalue weighted by Crippen LogP contribution is -2.42. The second kappa shape index (κ2) is 4.34. The summed E-state index contributed by atoms with van der Waals surface area (Å²) in [6.07, 6.45) is 1.99. The topological polar surface area (TPSA) is 63.4 Å². The molecule has 1 fully saturated rings. The quantitative estimate of drug-likeness (QED) is 0.726. The van der Waals surface area contributed by atoms with E-state index in [1.165, 1.54) is 4.31 Å². The molecule has 0 aliphatic carbocycles. The summed E-state index contributed by atoms with van der Waals surface area (Å²) < 4.78 is 35.0. The van der Waals surface area contributed by atoms with Crippen molar-refractivity contribution in [2.24, 2.45) is 11.1 Å². The Morgan fingerprint density at radius 3 is 2.31 bits per heavy atom. The van der Waals surface area contributed by atoms with Crippen molar-refractivity contribution >= 4 is 10.2 Å². The van der Waals surface area contributed by atoms with Gasteiger partial charge in [-0.25, -0.2) is 5.14 Å². The van der Waals surface area contributed by atoms with Crippen molar-refractivity contribution in [1.29, 1.82) is 0 Å². The molecule has 2 N–H and O–H groups in total. The Morgan fingerprint density at radius 2 is 1.92 bits per heavy atom. The van der Waals surface area contributed by atoms with Gasteiger partial charge in [-0.1, -0.05) is 0 Å². The van der Waals surface area contributed by atoms with Crippen LogP contribution in [0.25, 0.3) is 0 Å². The van der Waals surface area contributed by atoms with Crippen LogP contribution < -0.4 is 5.14 Å². The second-order valence-electron chi connectivity index (χ2n) is 3.37. The van der Waals surface area contributed by atoms with Crippen molar-refractivity contribution in [3.05, 3.63) is 0 Å². The number of halogens is 1. The third kappa shape index (κ3) is 3.21. The Hall–Kier alpha value is -0.200. The van der Waals surface area contributed by atoms with Crippen LogP contribution in [0.3, 0.4) is 0 Å². The lowest BCUT2D eigenvalue weighted by Gasteiger charge is -2.29. The maximum absolute atomic E-state index is 12.0. The molecule has 1 aliphatic rings. The summed E-state index contributed by atoms with van der Waals surface area (Å²) in [5.41, 5.74) is 0. The zero-order chi connectivity index (χ0) is 9.90. The Bertz CT molecular complexity index is 247. The lowest BCUT2D eigenvalue weighted by atomic mass is 9.95. The molecule has 1 saturated heterocycles. The molecule has 0 radical (unpaired) electrons. The van der Waals surface area contributed by atoms with Crippen LogP contribution in [-0.2, 0) is 10.2 Å². The highest BCUT2D eigenvalue weighted by Gasteiger charge is 2.24. The largest absolute Gasteiger partial charge is 0.276 e. The molecule has 0 aromatic carbocycles. The molecule has 4 nitrogen and oxygen atoms in total. The fraction of sp³-hybridized carbons (Fsp3) is 1.00. The average Bonchev–Trinajstić information content (AvgIpc) is 2.04. The monoisotopic (exact) mass is 210 g/mol. The van der Waals surface area contributed by atoms with Gasteiger partial charge in [-0.05, 0) is 25.2 Å². The van der Waals surface area contributed by atoms with Gasteiger partial charge in [-0.3, -0.25) is 4.39 Å². The molecule has 13 heavy (non-hydrogen) atoms. The highest BCUT2D eigenvalue weighted by molar-refractivity contribution is 7.86. The summed E-state index contributed by atoms with van der Waals surface area (Å²) in [5.74, 6) is 0.322. The minimum Gasteiger partial charge on any atom is -0.251 e. The predicted molar refractivity (Wildman–Crippen MR) is 48.0 cm³/mol. The smallest absolute Gasteiger partial charge is 0.251 e. The van der Waals surface area contributed by atoms with E-state index in [0.29, 0.717) is 25.4 Å². The van der Waals surface area contributed by atoms with Crippen LogP contribution in [0.5, 0.6) is 0 Å². The third-order valence-corrected chi connectivity index (χ3v) is 3.54. The fourth-order valence-corrected chi connectivity index (χ4v) is 2.33. The molecule has 0 atom stereocenters. The van der Waals surface area contributed by atoms with E-state index in [1.807, 2.05) is 0 Å². The molecule has 6 heteroatoms. The van der Waals surface area contributed by atoms with E-state index in [9.17, 15) is 12.8 Å². The predicted octanol–water partition coefficient (Wildman–Crippen LogP) is 0.262. The van der Waals surface area contributed by atoms with Gasteiger partial charge in [-0.15, -0.1) is 0 Å². The van der Waals surface area contributed by atoms with Gasteiger partial charge in [0.15, 0.2) is 0 Å². The van der Waals surface area contributed by atoms with Crippen molar-refractivity contribution in [3.8, 4) is 0 Å². The Labute approximate surface area is 78.1 Å². The van der Waals surface area contributed by atoms with Crippen molar-refractivity contribution in [1.82, 2.24) is 4.31 Å². The van der Waals surface area contributed by atoms with E-state index in [1.54, 1.807) is 0 Å². The van der Waals surface area contributed by atoms with E-state index in [2.05, 4.69) is 0 Å². The lowest BCUT2D eigenvalue weighted by molar-refractivity contribution is 0.248. The summed E-state index contributed by atoms with van der Waals surface area (Å²) in [6, 6.07) is 0. The van der Waals surface area contributed by atoms with Gasteiger partial charge in [0.25, 0.3) is 10.2 Å². The molecular formula is C7H15FN2O2S. The molecule has 0 unspecified atom stereocenters. The first kappa shape index (κ1) is 10.9. The maximum Gasteiger partial charge on any atom is 0.276 e. The van der Waals surface area contributed by atoms with E-state index >= 15 is 0 Å². The molecule has 78 valence electrons. The van der Waals surface area contributed by atoms with Gasteiger partial charge in [0.05, 0.1) is 6.67 Å². The minimum atomic E-state index is -3.52. The Morgan fingerprint density at radius 1 is 1.38 bits per heavy atom. The molecule has 0 aromatic heterocycles. The first-order valence-electron chi connectivity index (χ1n) is 4.38. The SMILES string of the molecule is NS(=O)(=O)N1CCC(CCF)CC1. The van der Waals surface area contributed by atoms with E-state index in [0.717, 1.165) is 12.8 Å². The molecule has 0 bridgehead atoms. The zero-order valence-electron chi connectivity index (χ0n) is 7.45. The number of nitrogens with two attached hydrogens (primary N) is 1. The molecule has 0 saturated carbocycles. The first-order chi connectivity index (χ1) is 6.04. The van der Waals surface area contributed by atoms with Gasteiger partial charge in [0.2, 0.25) is 0 Å². The number of nitrogens with zero attached hydrogens (tertiary/aromatic N) is 1. The van der Waals surface area contributed by atoms with E-state index in [4.69, 9.17) is 5.14 Å². The molecule has 0 spiro atoms. The Kier molecular flexibility index (Phi) is 3.63. The summed E-state index contributed by atoms with van der Waals surface area (Å²) >= 11 is 0. The van der Waals surface area contributed by atoms with Crippen LogP contribution in [0, 0.1) is 5.92 Å². The molecular weight excluding hydrogens is 195 g/mol. The maximum atomic E-state index is 12.0. The van der Waals surface area contributed by atoms with Crippen molar-refractivity contribution in [2.45, 2.75) is 19.3 Å². The molecule has 1 aliphatic heterocycles. The molecule has 1 heterocycles. The highest BCUT2D eigenvalue weighted by Crippen LogP contribution is 2.21. The van der Waals surface area contributed by atoms with Gasteiger partial charge in [-0.2, -0.15) is 12.7 Å². The normalized spacial score (nSPS) is 22.0. The van der Waals surface area contributed by atoms with Gasteiger partial charge < -0.3 is 0 Å². The summed E-state index contributed by atoms with van der Waals surface area (Å²) in [6.45, 7) is 0.549. The minimum absolute atomic E-state index is 0.319. The number of piperidine rings is 1. The second-order valence-corrected chi connectivity index (χ2v) is 4.91. The van der Waals surface area contributed by atoms with Crippen LogP contribution in [0.4, 0.5) is 4.39 Å². The van der Waals surface area contributed by atoms with Crippen LogP contribution in [0.2, 0.25) is 0 Å². The summed E-state index contributed by atoms with van der Waals surface area (Å²) in [4.78, 5) is 0. The highest BCUT2D eigenvalue weighted by atomic mass is 32.2. The molecule has 0 aromatic rings. The van der Waals surface area contributed by atoms with E-state index in [-0.39, 0.29) is 6.67 Å². The van der Waals surface area contributed by atoms with Crippen LogP contribution >= 0.6 is 0 Å². The average molecular weight is 210 g/mol. The zero-order valence-corrected chi connectivity index (χ0v) is 8.26. The van der Waals surface area contributed by atoms with Crippen LogP contribution in [-0.4, -0.2) is 32.5 Å². The van der Waals surface area contributed by atoms with Gasteiger partial charge in [0.1, 0.15) is 0 Å². The first-order valence-corrected chi connectivity index (χ1v) is 5.88. The number of hydrogen-bond acceptors (Lipinski definition) is 2. The van der Waals surface area contributed by atoms with Crippen molar-refractivity contribution in [2.75, 3.05) is 19.8 Å². The third-order valence-electron chi connectivity index (χ3n) is 2.45.